The highest BCUT2D eigenvalue weighted by Gasteiger charge is 2.21. The van der Waals surface area contributed by atoms with Crippen LogP contribution < -0.4 is 5.32 Å². The zero-order chi connectivity index (χ0) is 16.2. The van der Waals surface area contributed by atoms with Gasteiger partial charge in [0.1, 0.15) is 0 Å². The highest BCUT2D eigenvalue weighted by Crippen LogP contribution is 2.18. The van der Waals surface area contributed by atoms with E-state index >= 15 is 0 Å². The number of amides is 1. The normalized spacial score (nSPS) is 11.4. The standard InChI is InChI=1S/C15H17N3O3S/c1-12(19)17-13-6-8-15(9-7-13)22(20,21)18(2)11-14-5-3-4-10-16-14/h3-10H,11H2,1-2H3,(H,17,19). The number of carbonyl (C=O) groups excluding carboxylic acids is 1. The van der Waals surface area contributed by atoms with Crippen LogP contribution in [0.25, 0.3) is 0 Å². The third kappa shape index (κ3) is 3.90. The molecule has 0 aliphatic carbocycles. The number of sulfonamides is 1. The van der Waals surface area contributed by atoms with Crippen LogP contribution in [0.2, 0.25) is 0 Å². The molecule has 1 aromatic carbocycles. The van der Waals surface area contributed by atoms with Gasteiger partial charge < -0.3 is 5.32 Å². The fraction of sp³-hybridized carbons (Fsp3) is 0.200. The molecule has 22 heavy (non-hydrogen) atoms. The van der Waals surface area contributed by atoms with Crippen LogP contribution in [0.4, 0.5) is 5.69 Å². The van der Waals surface area contributed by atoms with Crippen molar-refractivity contribution < 1.29 is 13.2 Å². The first-order valence-electron chi connectivity index (χ1n) is 6.63. The second kappa shape index (κ2) is 6.67. The van der Waals surface area contributed by atoms with E-state index in [1.165, 1.54) is 30.4 Å². The first kappa shape index (κ1) is 16.1. The summed E-state index contributed by atoms with van der Waals surface area (Å²) in [4.78, 5) is 15.2. The Bertz CT molecular complexity index is 743. The molecule has 7 heteroatoms. The Labute approximate surface area is 129 Å². The Morgan fingerprint density at radius 1 is 1.18 bits per heavy atom. The number of carbonyl (C=O) groups is 1. The maximum atomic E-state index is 12.5. The molecule has 0 aliphatic heterocycles. The van der Waals surface area contributed by atoms with Crippen molar-refractivity contribution in [2.24, 2.45) is 0 Å². The van der Waals surface area contributed by atoms with E-state index in [0.717, 1.165) is 0 Å². The first-order valence-corrected chi connectivity index (χ1v) is 8.07. The molecule has 1 heterocycles. The number of aromatic nitrogens is 1. The first-order chi connectivity index (χ1) is 10.4. The number of rotatable bonds is 5. The van der Waals surface area contributed by atoms with Crippen LogP contribution in [0, 0.1) is 0 Å². The van der Waals surface area contributed by atoms with E-state index in [0.29, 0.717) is 11.4 Å². The average molecular weight is 319 g/mol. The van der Waals surface area contributed by atoms with Gasteiger partial charge in [-0.2, -0.15) is 4.31 Å². The molecule has 0 unspecified atom stereocenters. The fourth-order valence-electron chi connectivity index (χ4n) is 1.90. The lowest BCUT2D eigenvalue weighted by Gasteiger charge is -2.17. The number of pyridine rings is 1. The van der Waals surface area contributed by atoms with Crippen molar-refractivity contribution in [2.75, 3.05) is 12.4 Å². The van der Waals surface area contributed by atoms with Gasteiger partial charge in [0, 0.05) is 25.9 Å². The number of anilines is 1. The lowest BCUT2D eigenvalue weighted by molar-refractivity contribution is -0.114. The average Bonchev–Trinajstić information content (AvgIpc) is 2.48. The van der Waals surface area contributed by atoms with Gasteiger partial charge >= 0.3 is 0 Å². The van der Waals surface area contributed by atoms with Gasteiger partial charge in [-0.3, -0.25) is 9.78 Å². The molecular weight excluding hydrogens is 302 g/mol. The van der Waals surface area contributed by atoms with Crippen LogP contribution >= 0.6 is 0 Å². The monoisotopic (exact) mass is 319 g/mol. The van der Waals surface area contributed by atoms with Crippen molar-refractivity contribution >= 4 is 21.6 Å². The molecule has 6 nitrogen and oxygen atoms in total. The molecular formula is C15H17N3O3S. The van der Waals surface area contributed by atoms with Crippen molar-refractivity contribution in [3.8, 4) is 0 Å². The Morgan fingerprint density at radius 2 is 1.86 bits per heavy atom. The maximum Gasteiger partial charge on any atom is 0.243 e. The van der Waals surface area contributed by atoms with Gasteiger partial charge in [-0.1, -0.05) is 6.07 Å². The maximum absolute atomic E-state index is 12.5. The van der Waals surface area contributed by atoms with Crippen LogP contribution in [0.1, 0.15) is 12.6 Å². The third-order valence-electron chi connectivity index (χ3n) is 2.99. The Hall–Kier alpha value is -2.25. The van der Waals surface area contributed by atoms with E-state index in [4.69, 9.17) is 0 Å². The zero-order valence-electron chi connectivity index (χ0n) is 12.4. The largest absolute Gasteiger partial charge is 0.326 e. The lowest BCUT2D eigenvalue weighted by atomic mass is 10.3. The summed E-state index contributed by atoms with van der Waals surface area (Å²) >= 11 is 0. The molecule has 0 saturated heterocycles. The predicted molar refractivity (Wildman–Crippen MR) is 83.6 cm³/mol. The molecule has 1 aromatic heterocycles. The number of nitrogens with zero attached hydrogens (tertiary/aromatic N) is 2. The van der Waals surface area contributed by atoms with Crippen LogP contribution in [-0.2, 0) is 21.4 Å². The van der Waals surface area contributed by atoms with Crippen LogP contribution in [0.5, 0.6) is 0 Å². The minimum Gasteiger partial charge on any atom is -0.326 e. The van der Waals surface area contributed by atoms with E-state index in [1.807, 2.05) is 6.07 Å². The number of nitrogens with one attached hydrogen (secondary N) is 1. The van der Waals surface area contributed by atoms with E-state index in [9.17, 15) is 13.2 Å². The SMILES string of the molecule is CC(=O)Nc1ccc(S(=O)(=O)N(C)Cc2ccccn2)cc1. The highest BCUT2D eigenvalue weighted by atomic mass is 32.2. The molecule has 0 saturated carbocycles. The van der Waals surface area contributed by atoms with Gasteiger partial charge in [-0.25, -0.2) is 8.42 Å². The summed E-state index contributed by atoms with van der Waals surface area (Å²) in [5, 5.41) is 2.60. The minimum absolute atomic E-state index is 0.167. The highest BCUT2D eigenvalue weighted by molar-refractivity contribution is 7.89. The Kier molecular flexibility index (Phi) is 4.89. The number of hydrogen-bond acceptors (Lipinski definition) is 4. The Morgan fingerprint density at radius 3 is 2.41 bits per heavy atom. The van der Waals surface area contributed by atoms with Crippen molar-refractivity contribution in [1.29, 1.82) is 0 Å². The second-order valence-corrected chi connectivity index (χ2v) is 6.83. The molecule has 0 spiro atoms. The zero-order valence-corrected chi connectivity index (χ0v) is 13.2. The second-order valence-electron chi connectivity index (χ2n) is 4.79. The smallest absolute Gasteiger partial charge is 0.243 e. The van der Waals surface area contributed by atoms with Crippen LogP contribution in [0.15, 0.2) is 53.6 Å². The molecule has 0 fully saturated rings. The van der Waals surface area contributed by atoms with E-state index in [2.05, 4.69) is 10.3 Å². The molecule has 2 aromatic rings. The molecule has 0 atom stereocenters. The van der Waals surface area contributed by atoms with Crippen LogP contribution in [-0.4, -0.2) is 30.7 Å². The van der Waals surface area contributed by atoms with E-state index in [-0.39, 0.29) is 17.3 Å². The summed E-state index contributed by atoms with van der Waals surface area (Å²) in [6.07, 6.45) is 1.62. The third-order valence-corrected chi connectivity index (χ3v) is 4.81. The van der Waals surface area contributed by atoms with Gasteiger partial charge in [-0.15, -0.1) is 0 Å². The Balaban J connectivity index is 2.17. The summed E-state index contributed by atoms with van der Waals surface area (Å²) in [7, 11) is -2.10. The number of hydrogen-bond donors (Lipinski definition) is 1. The van der Waals surface area contributed by atoms with Crippen molar-refractivity contribution in [2.45, 2.75) is 18.4 Å². The summed E-state index contributed by atoms with van der Waals surface area (Å²) < 4.78 is 26.2. The quantitative estimate of drug-likeness (QED) is 0.912. The van der Waals surface area contributed by atoms with Gasteiger partial charge in [0.25, 0.3) is 0 Å². The summed E-state index contributed by atoms with van der Waals surface area (Å²) in [6, 6.07) is 11.4. The van der Waals surface area contributed by atoms with Crippen molar-refractivity contribution in [1.82, 2.24) is 9.29 Å². The van der Waals surface area contributed by atoms with E-state index < -0.39 is 10.0 Å². The van der Waals surface area contributed by atoms with Crippen molar-refractivity contribution in [3.63, 3.8) is 0 Å². The lowest BCUT2D eigenvalue weighted by Crippen LogP contribution is -2.26. The summed E-state index contributed by atoms with van der Waals surface area (Å²) in [6.45, 7) is 1.59. The topological polar surface area (TPSA) is 79.4 Å². The molecule has 1 amide bonds. The number of benzene rings is 1. The van der Waals surface area contributed by atoms with Gasteiger partial charge in [-0.05, 0) is 36.4 Å². The predicted octanol–water partition coefficient (Wildman–Crippen LogP) is 1.86. The molecule has 116 valence electrons. The summed E-state index contributed by atoms with van der Waals surface area (Å²) in [5.74, 6) is -0.206. The molecule has 0 aliphatic rings. The van der Waals surface area contributed by atoms with Crippen molar-refractivity contribution in [3.05, 3.63) is 54.4 Å². The molecule has 1 N–H and O–H groups in total. The molecule has 0 radical (unpaired) electrons. The fourth-order valence-corrected chi connectivity index (χ4v) is 3.04. The van der Waals surface area contributed by atoms with Gasteiger partial charge in [0.2, 0.25) is 15.9 Å². The minimum atomic E-state index is -3.60. The molecule has 2 rings (SSSR count). The molecule has 0 bridgehead atoms. The van der Waals surface area contributed by atoms with Crippen LogP contribution in [0.3, 0.4) is 0 Å². The van der Waals surface area contributed by atoms with Gasteiger partial charge in [0.15, 0.2) is 0 Å². The van der Waals surface area contributed by atoms with Gasteiger partial charge in [0.05, 0.1) is 17.1 Å². The van der Waals surface area contributed by atoms with E-state index in [1.54, 1.807) is 30.5 Å². The summed E-state index contributed by atoms with van der Waals surface area (Å²) in [5.41, 5.74) is 1.22.